The van der Waals surface area contributed by atoms with E-state index < -0.39 is 10.2 Å². The number of hydrogen-bond acceptors (Lipinski definition) is 7. The number of anilines is 1. The molecule has 2 fully saturated rings. The van der Waals surface area contributed by atoms with Crippen molar-refractivity contribution in [3.05, 3.63) is 24.4 Å². The third-order valence-electron chi connectivity index (χ3n) is 6.55. The minimum Gasteiger partial charge on any atom is -0.493 e. The smallest absolute Gasteiger partial charge is 0.290 e. The number of methoxy groups -OCH3 is 2. The molecule has 0 amide bonds. The fourth-order valence-corrected chi connectivity index (χ4v) is 5.72. The zero-order valence-electron chi connectivity index (χ0n) is 19.0. The van der Waals surface area contributed by atoms with E-state index in [4.69, 9.17) is 24.5 Å². The van der Waals surface area contributed by atoms with Crippen LogP contribution in [0, 0.1) is 11.8 Å². The van der Waals surface area contributed by atoms with Crippen LogP contribution in [0.4, 0.5) is 5.69 Å². The Labute approximate surface area is 194 Å². The third-order valence-corrected chi connectivity index (χ3v) is 7.60. The predicted octanol–water partition coefficient (Wildman–Crippen LogP) is 2.08. The standard InChI is InChI=1S/C21H30N4O4S.CH2O2/c1-28-20-12-17-18(13-21(20)29-2)23-8-5-19(17)24-10-6-15(7-11-24)16-4-3-9-25(14-16)30(22,26)27;2-1-3/h5,8,12-13,15-16H,3-4,6-7,9-11,14H2,1-2H3,(H2,22,26,27);1H,(H,2,3). The Morgan fingerprint density at radius 1 is 1.09 bits per heavy atom. The fourth-order valence-electron chi connectivity index (χ4n) is 4.94. The van der Waals surface area contributed by atoms with Crippen molar-refractivity contribution in [3.8, 4) is 11.5 Å². The normalized spacial score (nSPS) is 20.1. The maximum Gasteiger partial charge on any atom is 0.290 e. The highest BCUT2D eigenvalue weighted by atomic mass is 32.2. The summed E-state index contributed by atoms with van der Waals surface area (Å²) in [6.45, 7) is 2.72. The number of rotatable bonds is 5. The average Bonchev–Trinajstić information content (AvgIpc) is 2.83. The van der Waals surface area contributed by atoms with Crippen LogP contribution in [-0.2, 0) is 15.0 Å². The van der Waals surface area contributed by atoms with Crippen molar-refractivity contribution in [1.82, 2.24) is 9.29 Å². The predicted molar refractivity (Wildman–Crippen MR) is 126 cm³/mol. The topological polar surface area (TPSA) is 135 Å². The molecular weight excluding hydrogens is 448 g/mol. The lowest BCUT2D eigenvalue weighted by Gasteiger charge is -2.40. The van der Waals surface area contributed by atoms with Crippen LogP contribution in [0.3, 0.4) is 0 Å². The molecule has 0 saturated carbocycles. The highest BCUT2D eigenvalue weighted by molar-refractivity contribution is 7.86. The molecule has 1 aromatic carbocycles. The van der Waals surface area contributed by atoms with E-state index in [0.29, 0.717) is 36.4 Å². The van der Waals surface area contributed by atoms with Gasteiger partial charge in [0.25, 0.3) is 16.7 Å². The molecule has 33 heavy (non-hydrogen) atoms. The van der Waals surface area contributed by atoms with Crippen LogP contribution < -0.4 is 19.5 Å². The highest BCUT2D eigenvalue weighted by Crippen LogP contribution is 2.38. The van der Waals surface area contributed by atoms with E-state index in [-0.39, 0.29) is 6.47 Å². The minimum absolute atomic E-state index is 0.250. The van der Waals surface area contributed by atoms with Gasteiger partial charge < -0.3 is 19.5 Å². The second-order valence-electron chi connectivity index (χ2n) is 8.29. The van der Waals surface area contributed by atoms with Gasteiger partial charge in [0, 0.05) is 49.5 Å². The lowest BCUT2D eigenvalue weighted by molar-refractivity contribution is -0.122. The summed E-state index contributed by atoms with van der Waals surface area (Å²) in [6.07, 6.45) is 5.88. The van der Waals surface area contributed by atoms with Crippen molar-refractivity contribution in [3.63, 3.8) is 0 Å². The summed E-state index contributed by atoms with van der Waals surface area (Å²) < 4.78 is 35.8. The lowest BCUT2D eigenvalue weighted by Crippen LogP contribution is -2.46. The molecule has 3 N–H and O–H groups in total. The molecular formula is C22H32N4O6S. The first kappa shape index (κ1) is 25.0. The maximum atomic E-state index is 11.7. The van der Waals surface area contributed by atoms with Crippen molar-refractivity contribution in [1.29, 1.82) is 0 Å². The zero-order chi connectivity index (χ0) is 24.0. The number of carbonyl (C=O) groups is 1. The molecule has 4 rings (SSSR count). The van der Waals surface area contributed by atoms with Crippen molar-refractivity contribution >= 4 is 33.3 Å². The van der Waals surface area contributed by atoms with Crippen LogP contribution in [0.2, 0.25) is 0 Å². The number of pyridine rings is 1. The van der Waals surface area contributed by atoms with Gasteiger partial charge in [-0.2, -0.15) is 12.7 Å². The molecule has 1 aromatic heterocycles. The summed E-state index contributed by atoms with van der Waals surface area (Å²) >= 11 is 0. The lowest BCUT2D eigenvalue weighted by atomic mass is 9.80. The molecule has 0 bridgehead atoms. The van der Waals surface area contributed by atoms with Gasteiger partial charge in [0.2, 0.25) is 0 Å². The molecule has 182 valence electrons. The minimum atomic E-state index is -3.59. The Hall–Kier alpha value is -2.63. The average molecular weight is 481 g/mol. The number of benzene rings is 1. The Kier molecular flexibility index (Phi) is 8.33. The Morgan fingerprint density at radius 3 is 2.33 bits per heavy atom. The quantitative estimate of drug-likeness (QED) is 0.621. The molecule has 1 unspecified atom stereocenters. The monoisotopic (exact) mass is 480 g/mol. The van der Waals surface area contributed by atoms with Crippen LogP contribution in [-0.4, -0.2) is 69.7 Å². The molecule has 0 spiro atoms. The fraction of sp³-hybridized carbons (Fsp3) is 0.545. The highest BCUT2D eigenvalue weighted by Gasteiger charge is 2.33. The number of nitrogens with zero attached hydrogens (tertiary/aromatic N) is 3. The molecule has 11 heteroatoms. The zero-order valence-corrected chi connectivity index (χ0v) is 19.8. The molecule has 10 nitrogen and oxygen atoms in total. The van der Waals surface area contributed by atoms with Crippen molar-refractivity contribution in [2.24, 2.45) is 17.0 Å². The third kappa shape index (κ3) is 5.84. The largest absolute Gasteiger partial charge is 0.493 e. The number of aromatic nitrogens is 1. The number of hydrogen-bond donors (Lipinski definition) is 2. The summed E-state index contributed by atoms with van der Waals surface area (Å²) in [5.74, 6) is 2.27. The molecule has 0 radical (unpaired) electrons. The van der Waals surface area contributed by atoms with Gasteiger partial charge in [0.1, 0.15) is 0 Å². The van der Waals surface area contributed by atoms with Gasteiger partial charge in [-0.1, -0.05) is 0 Å². The van der Waals surface area contributed by atoms with E-state index in [9.17, 15) is 8.42 Å². The van der Waals surface area contributed by atoms with E-state index in [1.807, 2.05) is 18.3 Å². The number of fused-ring (bicyclic) bond motifs is 1. The molecule has 2 aliphatic heterocycles. The van der Waals surface area contributed by atoms with Gasteiger partial charge in [0.15, 0.2) is 11.5 Å². The van der Waals surface area contributed by atoms with Gasteiger partial charge in [-0.3, -0.25) is 9.78 Å². The van der Waals surface area contributed by atoms with Gasteiger partial charge in [-0.25, -0.2) is 5.14 Å². The molecule has 2 aliphatic rings. The molecule has 2 aromatic rings. The number of nitrogens with two attached hydrogens (primary N) is 1. The Bertz CT molecular complexity index is 1060. The van der Waals surface area contributed by atoms with Crippen LogP contribution in [0.25, 0.3) is 10.9 Å². The first-order valence-corrected chi connectivity index (χ1v) is 12.4. The van der Waals surface area contributed by atoms with Gasteiger partial charge in [-0.05, 0) is 49.7 Å². The second-order valence-corrected chi connectivity index (χ2v) is 9.84. The van der Waals surface area contributed by atoms with Crippen LogP contribution >= 0.6 is 0 Å². The summed E-state index contributed by atoms with van der Waals surface area (Å²) in [5, 5.41) is 13.3. The summed E-state index contributed by atoms with van der Waals surface area (Å²) in [7, 11) is -0.329. The van der Waals surface area contributed by atoms with Gasteiger partial charge in [0.05, 0.1) is 19.7 Å². The van der Waals surface area contributed by atoms with Crippen LogP contribution in [0.15, 0.2) is 24.4 Å². The van der Waals surface area contributed by atoms with Crippen LogP contribution in [0.1, 0.15) is 25.7 Å². The first-order valence-electron chi connectivity index (χ1n) is 10.9. The van der Waals surface area contributed by atoms with Crippen molar-refractivity contribution in [2.45, 2.75) is 25.7 Å². The van der Waals surface area contributed by atoms with Gasteiger partial charge >= 0.3 is 0 Å². The van der Waals surface area contributed by atoms with Crippen molar-refractivity contribution < 1.29 is 27.8 Å². The molecule has 1 atom stereocenters. The van der Waals surface area contributed by atoms with Gasteiger partial charge in [-0.15, -0.1) is 0 Å². The second kappa shape index (κ2) is 11.0. The number of carboxylic acid groups (broad SMARTS) is 1. The number of piperidine rings is 2. The van der Waals surface area contributed by atoms with E-state index in [1.165, 1.54) is 4.31 Å². The van der Waals surface area contributed by atoms with Crippen molar-refractivity contribution in [2.75, 3.05) is 45.3 Å². The molecule has 3 heterocycles. The molecule has 0 aliphatic carbocycles. The van der Waals surface area contributed by atoms with E-state index in [1.54, 1.807) is 14.2 Å². The van der Waals surface area contributed by atoms with E-state index in [2.05, 4.69) is 16.0 Å². The summed E-state index contributed by atoms with van der Waals surface area (Å²) in [5.41, 5.74) is 2.03. The molecule has 2 saturated heterocycles. The summed E-state index contributed by atoms with van der Waals surface area (Å²) in [4.78, 5) is 15.3. The van der Waals surface area contributed by atoms with Crippen LogP contribution in [0.5, 0.6) is 11.5 Å². The number of ether oxygens (including phenoxy) is 2. The van der Waals surface area contributed by atoms with E-state index >= 15 is 0 Å². The first-order chi connectivity index (χ1) is 15.8. The van der Waals surface area contributed by atoms with E-state index in [0.717, 1.165) is 55.4 Å². The maximum absolute atomic E-state index is 11.7. The summed E-state index contributed by atoms with van der Waals surface area (Å²) in [6, 6.07) is 5.96. The SMILES string of the molecule is COc1cc2nccc(N3CCC(C4CCCN(S(N)(=O)=O)C4)CC3)c2cc1OC.O=CO. The Balaban J connectivity index is 0.000000968. The Morgan fingerprint density at radius 2 is 1.73 bits per heavy atom.